The van der Waals surface area contributed by atoms with E-state index >= 15 is 0 Å². The molecule has 0 saturated carbocycles. The summed E-state index contributed by atoms with van der Waals surface area (Å²) in [6.45, 7) is 8.03. The summed E-state index contributed by atoms with van der Waals surface area (Å²) in [6.07, 6.45) is 2.37. The van der Waals surface area contributed by atoms with Crippen LogP contribution in [0.5, 0.6) is 0 Å². The quantitative estimate of drug-likeness (QED) is 0.818. The summed E-state index contributed by atoms with van der Waals surface area (Å²) < 4.78 is 0. The maximum Gasteiger partial charge on any atom is 0.326 e. The maximum absolute atomic E-state index is 12.3. The van der Waals surface area contributed by atoms with Gasteiger partial charge in [0.25, 0.3) is 0 Å². The Balaban J connectivity index is 2.68. The molecule has 1 N–H and O–H groups in total. The number of carbonyl (C=O) groups is 2. The molecule has 0 aromatic heterocycles. The minimum atomic E-state index is -0.888. The molecule has 1 aliphatic rings. The van der Waals surface area contributed by atoms with Crippen molar-refractivity contribution in [3.05, 3.63) is 0 Å². The van der Waals surface area contributed by atoms with Crippen LogP contribution in [0.4, 0.5) is 4.79 Å². The lowest BCUT2D eigenvalue weighted by atomic mass is 10.1. The van der Waals surface area contributed by atoms with Crippen LogP contribution in [0, 0.1) is 5.92 Å². The third kappa shape index (κ3) is 3.37. The van der Waals surface area contributed by atoms with Crippen LogP contribution in [0.25, 0.3) is 0 Å². The predicted molar refractivity (Wildman–Crippen MR) is 69.5 cm³/mol. The zero-order valence-electron chi connectivity index (χ0n) is 11.6. The van der Waals surface area contributed by atoms with E-state index in [1.807, 2.05) is 6.92 Å². The molecule has 5 heteroatoms. The lowest BCUT2D eigenvalue weighted by molar-refractivity contribution is -0.141. The first-order valence-electron chi connectivity index (χ1n) is 6.79. The first-order chi connectivity index (χ1) is 8.51. The van der Waals surface area contributed by atoms with Gasteiger partial charge in [-0.25, -0.2) is 9.59 Å². The first kappa shape index (κ1) is 14.8. The molecule has 0 radical (unpaired) electrons. The summed E-state index contributed by atoms with van der Waals surface area (Å²) in [5.74, 6) is -0.444. The minimum absolute atomic E-state index is 0.122. The second kappa shape index (κ2) is 6.61. The highest BCUT2D eigenvalue weighted by Gasteiger charge is 2.35. The van der Waals surface area contributed by atoms with Crippen LogP contribution in [0.15, 0.2) is 0 Å². The summed E-state index contributed by atoms with van der Waals surface area (Å²) in [5, 5.41) is 9.10. The monoisotopic (exact) mass is 256 g/mol. The van der Waals surface area contributed by atoms with Gasteiger partial charge in [-0.15, -0.1) is 0 Å². The van der Waals surface area contributed by atoms with Crippen molar-refractivity contribution in [2.24, 2.45) is 5.92 Å². The Hall–Kier alpha value is -1.26. The van der Waals surface area contributed by atoms with E-state index in [9.17, 15) is 9.59 Å². The molecule has 0 bridgehead atoms. The number of carbonyl (C=O) groups excluding carboxylic acids is 1. The van der Waals surface area contributed by atoms with Gasteiger partial charge in [-0.3, -0.25) is 0 Å². The van der Waals surface area contributed by atoms with Gasteiger partial charge >= 0.3 is 12.0 Å². The summed E-state index contributed by atoms with van der Waals surface area (Å²) in [4.78, 5) is 26.7. The van der Waals surface area contributed by atoms with Gasteiger partial charge in [0, 0.05) is 19.6 Å². The molecule has 1 rings (SSSR count). The Morgan fingerprint density at radius 2 is 2.11 bits per heavy atom. The molecule has 0 aromatic carbocycles. The number of hydrogen-bond donors (Lipinski definition) is 1. The van der Waals surface area contributed by atoms with E-state index in [1.54, 1.807) is 4.90 Å². The van der Waals surface area contributed by atoms with Gasteiger partial charge in [0.15, 0.2) is 0 Å². The van der Waals surface area contributed by atoms with Crippen molar-refractivity contribution in [1.29, 1.82) is 0 Å². The average molecular weight is 256 g/mol. The van der Waals surface area contributed by atoms with Crippen molar-refractivity contribution in [2.75, 3.05) is 19.6 Å². The number of rotatable bonds is 5. The lowest BCUT2D eigenvalue weighted by Crippen LogP contribution is -2.49. The van der Waals surface area contributed by atoms with Gasteiger partial charge in [-0.1, -0.05) is 20.3 Å². The lowest BCUT2D eigenvalue weighted by Gasteiger charge is -2.31. The Labute approximate surface area is 109 Å². The van der Waals surface area contributed by atoms with E-state index in [1.165, 1.54) is 4.90 Å². The van der Waals surface area contributed by atoms with Crippen LogP contribution >= 0.6 is 0 Å². The van der Waals surface area contributed by atoms with Crippen molar-refractivity contribution < 1.29 is 14.7 Å². The van der Waals surface area contributed by atoms with E-state index in [4.69, 9.17) is 5.11 Å². The van der Waals surface area contributed by atoms with Crippen LogP contribution in [-0.2, 0) is 4.79 Å². The number of aliphatic carboxylic acids is 1. The molecule has 0 aliphatic carbocycles. The fourth-order valence-corrected chi connectivity index (χ4v) is 2.28. The normalized spacial score (nSPS) is 20.8. The minimum Gasteiger partial charge on any atom is -0.480 e. The van der Waals surface area contributed by atoms with E-state index in [2.05, 4.69) is 13.8 Å². The number of amides is 2. The van der Waals surface area contributed by atoms with Crippen LogP contribution in [0.2, 0.25) is 0 Å². The first-order valence-corrected chi connectivity index (χ1v) is 6.79. The third-order valence-electron chi connectivity index (χ3n) is 3.66. The summed E-state index contributed by atoms with van der Waals surface area (Å²) >= 11 is 0. The number of urea groups is 1. The highest BCUT2D eigenvalue weighted by Crippen LogP contribution is 2.20. The number of likely N-dealkylation sites (tertiary alicyclic amines) is 1. The zero-order chi connectivity index (χ0) is 13.7. The molecular weight excluding hydrogens is 232 g/mol. The molecular formula is C13H24N2O3. The molecule has 0 aromatic rings. The van der Waals surface area contributed by atoms with Crippen LogP contribution in [-0.4, -0.2) is 52.6 Å². The number of carboxylic acids is 1. The van der Waals surface area contributed by atoms with Gasteiger partial charge in [-0.2, -0.15) is 0 Å². The standard InChI is InChI=1S/C13H24N2O3/c1-4-10(3)9-14(5-2)13(18)15-8-6-7-11(15)12(16)17/h10-11H,4-9H2,1-3H3,(H,16,17)/t10?,11-/m1/s1. The topological polar surface area (TPSA) is 60.9 Å². The molecule has 1 saturated heterocycles. The third-order valence-corrected chi connectivity index (χ3v) is 3.66. The van der Waals surface area contributed by atoms with Crippen molar-refractivity contribution >= 4 is 12.0 Å². The molecule has 5 nitrogen and oxygen atoms in total. The summed E-state index contributed by atoms with van der Waals surface area (Å²) in [5.41, 5.74) is 0. The predicted octanol–water partition coefficient (Wildman–Crippen LogP) is 2.02. The molecule has 1 fully saturated rings. The molecule has 1 unspecified atom stereocenters. The Kier molecular flexibility index (Phi) is 5.44. The summed E-state index contributed by atoms with van der Waals surface area (Å²) in [6, 6.07) is -0.758. The van der Waals surface area contributed by atoms with Crippen molar-refractivity contribution in [2.45, 2.75) is 46.1 Å². The molecule has 1 heterocycles. The molecule has 0 spiro atoms. The zero-order valence-corrected chi connectivity index (χ0v) is 11.6. The average Bonchev–Trinajstić information content (AvgIpc) is 2.83. The molecule has 1 aliphatic heterocycles. The molecule has 18 heavy (non-hydrogen) atoms. The number of nitrogens with zero attached hydrogens (tertiary/aromatic N) is 2. The van der Waals surface area contributed by atoms with E-state index in [0.29, 0.717) is 32.0 Å². The van der Waals surface area contributed by atoms with Crippen LogP contribution in [0.3, 0.4) is 0 Å². The Morgan fingerprint density at radius 1 is 1.44 bits per heavy atom. The van der Waals surface area contributed by atoms with Crippen LogP contribution in [0.1, 0.15) is 40.0 Å². The van der Waals surface area contributed by atoms with E-state index in [0.717, 1.165) is 12.8 Å². The second-order valence-corrected chi connectivity index (χ2v) is 5.02. The second-order valence-electron chi connectivity index (χ2n) is 5.02. The maximum atomic E-state index is 12.3. The fourth-order valence-electron chi connectivity index (χ4n) is 2.28. The van der Waals surface area contributed by atoms with Gasteiger partial charge in [-0.05, 0) is 25.7 Å². The molecule has 2 atom stereocenters. The number of carboxylic acid groups (broad SMARTS) is 1. The van der Waals surface area contributed by atoms with Gasteiger partial charge in [0.05, 0.1) is 0 Å². The van der Waals surface area contributed by atoms with Gasteiger partial charge < -0.3 is 14.9 Å². The molecule has 104 valence electrons. The SMILES string of the molecule is CCC(C)CN(CC)C(=O)N1CCC[C@@H]1C(=O)O. The van der Waals surface area contributed by atoms with Crippen molar-refractivity contribution in [3.63, 3.8) is 0 Å². The summed E-state index contributed by atoms with van der Waals surface area (Å²) in [7, 11) is 0. The number of hydrogen-bond acceptors (Lipinski definition) is 2. The van der Waals surface area contributed by atoms with Crippen molar-refractivity contribution in [3.8, 4) is 0 Å². The largest absolute Gasteiger partial charge is 0.480 e. The van der Waals surface area contributed by atoms with Gasteiger partial charge in [0.1, 0.15) is 6.04 Å². The van der Waals surface area contributed by atoms with E-state index < -0.39 is 12.0 Å². The van der Waals surface area contributed by atoms with Crippen molar-refractivity contribution in [1.82, 2.24) is 9.80 Å². The highest BCUT2D eigenvalue weighted by atomic mass is 16.4. The Bertz CT molecular complexity index is 307. The van der Waals surface area contributed by atoms with E-state index in [-0.39, 0.29) is 6.03 Å². The van der Waals surface area contributed by atoms with Crippen LogP contribution < -0.4 is 0 Å². The highest BCUT2D eigenvalue weighted by molar-refractivity contribution is 5.83. The smallest absolute Gasteiger partial charge is 0.326 e. The fraction of sp³-hybridized carbons (Fsp3) is 0.846. The van der Waals surface area contributed by atoms with Gasteiger partial charge in [0.2, 0.25) is 0 Å². The Morgan fingerprint density at radius 3 is 2.61 bits per heavy atom. The molecule has 2 amide bonds.